The molecule has 46 heavy (non-hydrogen) atoms. The summed E-state index contributed by atoms with van der Waals surface area (Å²) in [5, 5.41) is 10.2. The van der Waals surface area contributed by atoms with E-state index in [0.29, 0.717) is 19.4 Å². The molecule has 3 N–H and O–H groups in total. The van der Waals surface area contributed by atoms with Crippen molar-refractivity contribution in [2.75, 3.05) is 20.1 Å². The van der Waals surface area contributed by atoms with Gasteiger partial charge in [0.25, 0.3) is 11.8 Å². The molecule has 12 nitrogen and oxygen atoms in total. The molecule has 1 fully saturated rings. The van der Waals surface area contributed by atoms with Gasteiger partial charge >= 0.3 is 0 Å². The number of likely N-dealkylation sites (N-methyl/N-ethyl adjacent to an activating group) is 1. The molecule has 1 saturated heterocycles. The Hall–Kier alpha value is -5.39. The van der Waals surface area contributed by atoms with E-state index in [9.17, 15) is 28.8 Å². The molecule has 12 heteroatoms. The average Bonchev–Trinajstić information content (AvgIpc) is 3.38. The first-order chi connectivity index (χ1) is 22.3. The lowest BCUT2D eigenvalue weighted by atomic mass is 10.0. The minimum Gasteiger partial charge on any atom is -0.355 e. The molecule has 238 valence electrons. The number of carbonyl (C=O) groups is 6. The van der Waals surface area contributed by atoms with Crippen LogP contribution in [0.1, 0.15) is 69.6 Å². The Morgan fingerprint density at radius 3 is 2.48 bits per heavy atom. The van der Waals surface area contributed by atoms with Crippen molar-refractivity contribution in [1.82, 2.24) is 30.4 Å². The van der Waals surface area contributed by atoms with Crippen LogP contribution < -0.4 is 16.0 Å². The standard InChI is InChI=1S/C34H36N6O6/c1-39(28-12-13-30(42)38-33(28)45)34(46)24-11-10-22(18-23(24)21-41)32(44)37-16-7-3-2-6-15-36-31(43)20-40-27-9-5-4-8-25(27)26-14-17-35-19-29(26)40/h4-5,8-11,14,17-19,21,28H,2-3,6-7,12-13,15-16,20H2,1H3,(H,36,43)(H,37,44)(H,38,42,45). The Kier molecular flexibility index (Phi) is 10.2. The van der Waals surface area contributed by atoms with E-state index in [1.807, 2.05) is 34.9 Å². The molecule has 5 rings (SSSR count). The van der Waals surface area contributed by atoms with Crippen LogP contribution in [0.15, 0.2) is 60.9 Å². The Morgan fingerprint density at radius 1 is 0.978 bits per heavy atom. The molecule has 0 radical (unpaired) electrons. The predicted octanol–water partition coefficient (Wildman–Crippen LogP) is 2.99. The number of hydrogen-bond acceptors (Lipinski definition) is 7. The molecule has 0 bridgehead atoms. The number of nitrogens with zero attached hydrogens (tertiary/aromatic N) is 3. The fraction of sp³-hybridized carbons (Fsp3) is 0.324. The quantitative estimate of drug-likeness (QED) is 0.117. The molecule has 2 aromatic carbocycles. The third-order valence-electron chi connectivity index (χ3n) is 8.26. The highest BCUT2D eigenvalue weighted by molar-refractivity contribution is 6.09. The number of amides is 5. The Labute approximate surface area is 265 Å². The van der Waals surface area contributed by atoms with Gasteiger partial charge in [-0.2, -0.15) is 0 Å². The highest BCUT2D eigenvalue weighted by Gasteiger charge is 2.33. The van der Waals surface area contributed by atoms with Gasteiger partial charge in [-0.05, 0) is 49.6 Å². The van der Waals surface area contributed by atoms with Crippen molar-refractivity contribution in [2.24, 2.45) is 0 Å². The maximum absolute atomic E-state index is 13.0. The number of hydrogen-bond donors (Lipinski definition) is 3. The van der Waals surface area contributed by atoms with Crippen molar-refractivity contribution >= 4 is 57.6 Å². The summed E-state index contributed by atoms with van der Waals surface area (Å²) in [6.07, 6.45) is 7.63. The Bertz CT molecular complexity index is 1760. The van der Waals surface area contributed by atoms with Crippen LogP contribution in [0.5, 0.6) is 0 Å². The van der Waals surface area contributed by atoms with Gasteiger partial charge in [0.2, 0.25) is 17.7 Å². The number of carbonyl (C=O) groups excluding carboxylic acids is 6. The third-order valence-corrected chi connectivity index (χ3v) is 8.26. The molecular formula is C34H36N6O6. The lowest BCUT2D eigenvalue weighted by Crippen LogP contribution is -2.53. The minimum absolute atomic E-state index is 0.0358. The lowest BCUT2D eigenvalue weighted by Gasteiger charge is -2.30. The number of imide groups is 1. The van der Waals surface area contributed by atoms with Crippen molar-refractivity contribution in [1.29, 1.82) is 0 Å². The SMILES string of the molecule is CN(C(=O)c1ccc(C(=O)NCCCCCCNC(=O)Cn2c3ccccc3c3ccncc32)cc1C=O)C1CCC(=O)NC1=O. The van der Waals surface area contributed by atoms with Crippen LogP contribution in [0.25, 0.3) is 21.8 Å². The van der Waals surface area contributed by atoms with Crippen LogP contribution >= 0.6 is 0 Å². The summed E-state index contributed by atoms with van der Waals surface area (Å²) in [4.78, 5) is 79.2. The van der Waals surface area contributed by atoms with Gasteiger partial charge in [-0.3, -0.25) is 39.1 Å². The number of benzene rings is 2. The normalized spacial score (nSPS) is 14.6. The maximum atomic E-state index is 13.0. The van der Waals surface area contributed by atoms with Crippen LogP contribution in [-0.4, -0.2) is 76.5 Å². The van der Waals surface area contributed by atoms with E-state index in [-0.39, 0.29) is 53.8 Å². The van der Waals surface area contributed by atoms with Gasteiger partial charge in [-0.1, -0.05) is 31.0 Å². The van der Waals surface area contributed by atoms with E-state index >= 15 is 0 Å². The first-order valence-corrected chi connectivity index (χ1v) is 15.3. The zero-order chi connectivity index (χ0) is 32.6. The molecule has 5 amide bonds. The van der Waals surface area contributed by atoms with Gasteiger partial charge in [0.05, 0.1) is 17.3 Å². The first-order valence-electron chi connectivity index (χ1n) is 15.3. The van der Waals surface area contributed by atoms with Crippen LogP contribution in [-0.2, 0) is 20.9 Å². The van der Waals surface area contributed by atoms with Crippen LogP contribution in [0.4, 0.5) is 0 Å². The molecule has 1 atom stereocenters. The topological polar surface area (TPSA) is 160 Å². The summed E-state index contributed by atoms with van der Waals surface area (Å²) in [7, 11) is 1.44. The maximum Gasteiger partial charge on any atom is 0.255 e. The van der Waals surface area contributed by atoms with E-state index in [1.54, 1.807) is 12.4 Å². The zero-order valence-electron chi connectivity index (χ0n) is 25.6. The number of fused-ring (bicyclic) bond motifs is 3. The second-order valence-corrected chi connectivity index (χ2v) is 11.3. The molecule has 4 aromatic rings. The van der Waals surface area contributed by atoms with Gasteiger partial charge < -0.3 is 20.1 Å². The first kappa shape index (κ1) is 32.0. The van der Waals surface area contributed by atoms with Crippen molar-refractivity contribution in [3.63, 3.8) is 0 Å². The molecule has 1 aliphatic rings. The third kappa shape index (κ3) is 7.12. The summed E-state index contributed by atoms with van der Waals surface area (Å²) in [5.41, 5.74) is 2.26. The molecule has 0 aliphatic carbocycles. The number of rotatable bonds is 13. The molecule has 0 saturated carbocycles. The van der Waals surface area contributed by atoms with Gasteiger partial charge in [-0.25, -0.2) is 0 Å². The molecule has 2 aromatic heterocycles. The fourth-order valence-corrected chi connectivity index (χ4v) is 5.78. The summed E-state index contributed by atoms with van der Waals surface area (Å²) in [6, 6.07) is 13.3. The number of piperidine rings is 1. The summed E-state index contributed by atoms with van der Waals surface area (Å²) in [6.45, 7) is 1.19. The minimum atomic E-state index is -0.826. The highest BCUT2D eigenvalue weighted by Crippen LogP contribution is 2.28. The van der Waals surface area contributed by atoms with E-state index in [4.69, 9.17) is 0 Å². The van der Waals surface area contributed by atoms with Crippen molar-refractivity contribution in [3.8, 4) is 0 Å². The molecular weight excluding hydrogens is 588 g/mol. The summed E-state index contributed by atoms with van der Waals surface area (Å²) < 4.78 is 1.99. The van der Waals surface area contributed by atoms with Gasteiger partial charge in [0.1, 0.15) is 12.6 Å². The van der Waals surface area contributed by atoms with Gasteiger partial charge in [0, 0.05) is 60.2 Å². The van der Waals surface area contributed by atoms with Crippen molar-refractivity contribution < 1.29 is 28.8 Å². The molecule has 0 spiro atoms. The van der Waals surface area contributed by atoms with Gasteiger partial charge in [-0.15, -0.1) is 0 Å². The monoisotopic (exact) mass is 624 g/mol. The number of nitrogens with one attached hydrogen (secondary N) is 3. The van der Waals surface area contributed by atoms with E-state index < -0.39 is 17.9 Å². The number of pyridine rings is 1. The van der Waals surface area contributed by atoms with E-state index in [2.05, 4.69) is 20.9 Å². The largest absolute Gasteiger partial charge is 0.355 e. The Balaban J connectivity index is 1.02. The summed E-state index contributed by atoms with van der Waals surface area (Å²) >= 11 is 0. The van der Waals surface area contributed by atoms with Crippen LogP contribution in [0.3, 0.4) is 0 Å². The van der Waals surface area contributed by atoms with Crippen LogP contribution in [0, 0.1) is 0 Å². The average molecular weight is 625 g/mol. The predicted molar refractivity (Wildman–Crippen MR) is 171 cm³/mol. The highest BCUT2D eigenvalue weighted by atomic mass is 16.2. The van der Waals surface area contributed by atoms with Crippen LogP contribution in [0.2, 0.25) is 0 Å². The molecule has 3 heterocycles. The van der Waals surface area contributed by atoms with E-state index in [1.165, 1.54) is 30.1 Å². The lowest BCUT2D eigenvalue weighted by molar-refractivity contribution is -0.136. The smallest absolute Gasteiger partial charge is 0.255 e. The van der Waals surface area contributed by atoms with Crippen molar-refractivity contribution in [3.05, 3.63) is 77.6 Å². The number of aromatic nitrogens is 2. The zero-order valence-corrected chi connectivity index (χ0v) is 25.6. The molecule has 1 aliphatic heterocycles. The Morgan fingerprint density at radius 2 is 1.72 bits per heavy atom. The fourth-order valence-electron chi connectivity index (χ4n) is 5.78. The van der Waals surface area contributed by atoms with Crippen molar-refractivity contribution in [2.45, 2.75) is 51.1 Å². The number of unbranched alkanes of at least 4 members (excludes halogenated alkanes) is 3. The van der Waals surface area contributed by atoms with E-state index in [0.717, 1.165) is 47.5 Å². The second kappa shape index (κ2) is 14.6. The number of para-hydroxylation sites is 1. The summed E-state index contributed by atoms with van der Waals surface area (Å²) in [5.74, 6) is -1.94. The second-order valence-electron chi connectivity index (χ2n) is 11.3. The van der Waals surface area contributed by atoms with Gasteiger partial charge in [0.15, 0.2) is 6.29 Å². The number of aldehydes is 1. The molecule has 1 unspecified atom stereocenters.